The van der Waals surface area contributed by atoms with E-state index in [0.29, 0.717) is 24.5 Å². The van der Waals surface area contributed by atoms with Crippen LogP contribution in [0.3, 0.4) is 0 Å². The largest absolute Gasteiger partial charge is 0.434 e. The summed E-state index contributed by atoms with van der Waals surface area (Å²) >= 11 is 1.12. The zero-order valence-corrected chi connectivity index (χ0v) is 18.7. The number of carbonyl (C=O) groups excluding carboxylic acids is 1. The van der Waals surface area contributed by atoms with Crippen molar-refractivity contribution in [3.8, 4) is 17.0 Å². The molecule has 174 valence electrons. The van der Waals surface area contributed by atoms with E-state index in [1.54, 1.807) is 23.6 Å². The summed E-state index contributed by atoms with van der Waals surface area (Å²) in [5.41, 5.74) is 0.986. The van der Waals surface area contributed by atoms with Crippen molar-refractivity contribution in [2.75, 3.05) is 31.6 Å². The SMILES string of the molecule is O=C(Nc1nc(-c2ccccc2OC(F)F)cs1)c1ccc(S(=O)(=O)N2CCOCC2)cc1. The molecule has 1 saturated heterocycles. The lowest BCUT2D eigenvalue weighted by atomic mass is 10.1. The van der Waals surface area contributed by atoms with Crippen LogP contribution in [-0.4, -0.2) is 56.5 Å². The van der Waals surface area contributed by atoms with Crippen LogP contribution < -0.4 is 10.1 Å². The number of amides is 1. The van der Waals surface area contributed by atoms with Crippen LogP contribution in [0, 0.1) is 0 Å². The minimum Gasteiger partial charge on any atom is -0.434 e. The van der Waals surface area contributed by atoms with Crippen LogP contribution in [0.15, 0.2) is 58.8 Å². The number of nitrogens with zero attached hydrogens (tertiary/aromatic N) is 2. The molecule has 0 unspecified atom stereocenters. The van der Waals surface area contributed by atoms with E-state index in [0.717, 1.165) is 11.3 Å². The molecule has 1 fully saturated rings. The molecule has 1 aliphatic rings. The van der Waals surface area contributed by atoms with Crippen molar-refractivity contribution >= 4 is 32.4 Å². The van der Waals surface area contributed by atoms with Gasteiger partial charge in [-0.05, 0) is 36.4 Å². The Bertz CT molecular complexity index is 1230. The number of ether oxygens (including phenoxy) is 2. The molecule has 0 atom stereocenters. The van der Waals surface area contributed by atoms with E-state index in [1.165, 1.54) is 34.6 Å². The molecule has 1 aromatic heterocycles. The summed E-state index contributed by atoms with van der Waals surface area (Å²) in [6.45, 7) is -1.73. The number of sulfonamides is 1. The minimum absolute atomic E-state index is 0.0206. The van der Waals surface area contributed by atoms with Crippen LogP contribution in [0.2, 0.25) is 0 Å². The smallest absolute Gasteiger partial charge is 0.387 e. The Hall–Kier alpha value is -2.93. The molecule has 1 amide bonds. The summed E-state index contributed by atoms with van der Waals surface area (Å²) < 4.78 is 61.7. The van der Waals surface area contributed by atoms with E-state index < -0.39 is 22.5 Å². The molecular formula is C21H19F2N3O5S2. The number of halogens is 2. The first-order valence-electron chi connectivity index (χ1n) is 9.83. The Morgan fingerprint density at radius 3 is 2.52 bits per heavy atom. The van der Waals surface area contributed by atoms with E-state index in [9.17, 15) is 22.0 Å². The van der Waals surface area contributed by atoms with Gasteiger partial charge in [0.25, 0.3) is 5.91 Å². The second-order valence-electron chi connectivity index (χ2n) is 6.91. The van der Waals surface area contributed by atoms with Crippen molar-refractivity contribution in [1.29, 1.82) is 0 Å². The van der Waals surface area contributed by atoms with Gasteiger partial charge < -0.3 is 9.47 Å². The van der Waals surface area contributed by atoms with Gasteiger partial charge in [0.1, 0.15) is 5.75 Å². The summed E-state index contributed by atoms with van der Waals surface area (Å²) in [5, 5.41) is 4.50. The van der Waals surface area contributed by atoms with Gasteiger partial charge in [0.2, 0.25) is 10.0 Å². The van der Waals surface area contributed by atoms with Gasteiger partial charge in [0.15, 0.2) is 5.13 Å². The molecule has 0 bridgehead atoms. The normalized spacial score (nSPS) is 14.9. The molecule has 3 aromatic rings. The summed E-state index contributed by atoms with van der Waals surface area (Å²) in [5.74, 6) is -0.504. The van der Waals surface area contributed by atoms with Crippen LogP contribution in [0.4, 0.5) is 13.9 Å². The number of rotatable bonds is 7. The van der Waals surface area contributed by atoms with Crippen molar-refractivity contribution in [1.82, 2.24) is 9.29 Å². The second kappa shape index (κ2) is 9.91. The Kier molecular flexibility index (Phi) is 6.98. The summed E-state index contributed by atoms with van der Waals surface area (Å²) in [4.78, 5) is 17.0. The molecule has 2 aromatic carbocycles. The lowest BCUT2D eigenvalue weighted by Gasteiger charge is -2.26. The number of alkyl halides is 2. The summed E-state index contributed by atoms with van der Waals surface area (Å²) in [6.07, 6.45) is 0. The highest BCUT2D eigenvalue weighted by molar-refractivity contribution is 7.89. The molecule has 0 aliphatic carbocycles. The maximum atomic E-state index is 12.7. The van der Waals surface area contributed by atoms with Crippen molar-refractivity contribution in [2.24, 2.45) is 0 Å². The lowest BCUT2D eigenvalue weighted by Crippen LogP contribution is -2.40. The van der Waals surface area contributed by atoms with Gasteiger partial charge >= 0.3 is 6.61 Å². The van der Waals surface area contributed by atoms with Gasteiger partial charge in [-0.15, -0.1) is 11.3 Å². The van der Waals surface area contributed by atoms with E-state index in [4.69, 9.17) is 4.74 Å². The maximum Gasteiger partial charge on any atom is 0.387 e. The van der Waals surface area contributed by atoms with Crippen LogP contribution in [0.5, 0.6) is 5.75 Å². The van der Waals surface area contributed by atoms with Crippen molar-refractivity contribution < 1.29 is 31.5 Å². The zero-order chi connectivity index (χ0) is 23.4. The first-order valence-corrected chi connectivity index (χ1v) is 12.2. The number of aromatic nitrogens is 1. The minimum atomic E-state index is -3.66. The molecule has 0 spiro atoms. The fourth-order valence-corrected chi connectivity index (χ4v) is 5.33. The lowest BCUT2D eigenvalue weighted by molar-refractivity contribution is -0.0494. The van der Waals surface area contributed by atoms with Gasteiger partial charge in [0, 0.05) is 29.6 Å². The van der Waals surface area contributed by atoms with Crippen LogP contribution in [0.25, 0.3) is 11.3 Å². The first-order chi connectivity index (χ1) is 15.8. The fraction of sp³-hybridized carbons (Fsp3) is 0.238. The third kappa shape index (κ3) is 5.36. The van der Waals surface area contributed by atoms with Gasteiger partial charge in [-0.1, -0.05) is 12.1 Å². The average Bonchev–Trinajstić information content (AvgIpc) is 3.28. The number of anilines is 1. The van der Waals surface area contributed by atoms with Gasteiger partial charge in [-0.2, -0.15) is 13.1 Å². The summed E-state index contributed by atoms with van der Waals surface area (Å²) in [7, 11) is -3.66. The number of para-hydroxylation sites is 1. The third-order valence-electron chi connectivity index (χ3n) is 4.83. The Morgan fingerprint density at radius 2 is 1.82 bits per heavy atom. The quantitative estimate of drug-likeness (QED) is 0.537. The molecule has 12 heteroatoms. The highest BCUT2D eigenvalue weighted by Crippen LogP contribution is 2.33. The molecular weight excluding hydrogens is 476 g/mol. The van der Waals surface area contributed by atoms with Gasteiger partial charge in [-0.3, -0.25) is 10.1 Å². The highest BCUT2D eigenvalue weighted by atomic mass is 32.2. The number of hydrogen-bond donors (Lipinski definition) is 1. The topological polar surface area (TPSA) is 97.8 Å². The third-order valence-corrected chi connectivity index (χ3v) is 7.50. The number of nitrogens with one attached hydrogen (secondary N) is 1. The van der Waals surface area contributed by atoms with Crippen molar-refractivity contribution in [2.45, 2.75) is 11.5 Å². The number of carbonyl (C=O) groups is 1. The number of morpholine rings is 1. The van der Waals surface area contributed by atoms with E-state index in [2.05, 4.69) is 15.0 Å². The zero-order valence-electron chi connectivity index (χ0n) is 17.1. The predicted octanol–water partition coefficient (Wildman–Crippen LogP) is 3.68. The highest BCUT2D eigenvalue weighted by Gasteiger charge is 2.26. The first kappa shape index (κ1) is 23.2. The number of benzene rings is 2. The average molecular weight is 496 g/mol. The molecule has 1 N–H and O–H groups in total. The molecule has 0 saturated carbocycles. The van der Waals surface area contributed by atoms with Crippen LogP contribution >= 0.6 is 11.3 Å². The Labute approximate surface area is 192 Å². The molecule has 1 aliphatic heterocycles. The van der Waals surface area contributed by atoms with Gasteiger partial charge in [0.05, 0.1) is 23.8 Å². The number of hydrogen-bond acceptors (Lipinski definition) is 7. The summed E-state index contributed by atoms with van der Waals surface area (Å²) in [6, 6.07) is 11.8. The molecule has 0 radical (unpaired) electrons. The molecule has 4 rings (SSSR count). The van der Waals surface area contributed by atoms with Gasteiger partial charge in [-0.25, -0.2) is 13.4 Å². The Balaban J connectivity index is 1.46. The van der Waals surface area contributed by atoms with Crippen molar-refractivity contribution in [3.63, 3.8) is 0 Å². The van der Waals surface area contributed by atoms with Crippen LogP contribution in [0.1, 0.15) is 10.4 Å². The van der Waals surface area contributed by atoms with Crippen LogP contribution in [-0.2, 0) is 14.8 Å². The van der Waals surface area contributed by atoms with E-state index in [1.807, 2.05) is 0 Å². The molecule has 2 heterocycles. The standard InChI is InChI=1S/C21H19F2N3O5S2/c22-20(23)31-18-4-2-1-3-16(18)17-13-32-21(24-17)25-19(27)14-5-7-15(8-6-14)33(28,29)26-9-11-30-12-10-26/h1-8,13,20H,9-12H2,(H,24,25,27). The molecule has 33 heavy (non-hydrogen) atoms. The fourth-order valence-electron chi connectivity index (χ4n) is 3.22. The maximum absolute atomic E-state index is 12.7. The monoisotopic (exact) mass is 495 g/mol. The number of thiazole rings is 1. The Morgan fingerprint density at radius 1 is 1.12 bits per heavy atom. The predicted molar refractivity (Wildman–Crippen MR) is 118 cm³/mol. The van der Waals surface area contributed by atoms with Crippen molar-refractivity contribution in [3.05, 3.63) is 59.5 Å². The molecule has 8 nitrogen and oxygen atoms in total. The van der Waals surface area contributed by atoms with E-state index in [-0.39, 0.29) is 34.4 Å². The van der Waals surface area contributed by atoms with E-state index >= 15 is 0 Å². The second-order valence-corrected chi connectivity index (χ2v) is 9.70.